The standard InChI is InChI=1S/C18H25NO4S/c1-17(2,3)23-16(21)19-11-18(4,10-15(20)22-5)13-9-12(24-6)7-8-14(13)19/h7-9H,10-11H2,1-6H3. The molecule has 0 saturated carbocycles. The number of carbonyl (C=O) groups excluding carboxylic acids is 2. The van der Waals surface area contributed by atoms with Gasteiger partial charge in [-0.05, 0) is 50.8 Å². The van der Waals surface area contributed by atoms with E-state index in [9.17, 15) is 9.59 Å². The summed E-state index contributed by atoms with van der Waals surface area (Å²) in [6, 6.07) is 5.95. The maximum absolute atomic E-state index is 12.6. The van der Waals surface area contributed by atoms with E-state index in [-0.39, 0.29) is 12.4 Å². The fraction of sp³-hybridized carbons (Fsp3) is 0.556. The van der Waals surface area contributed by atoms with Crippen molar-refractivity contribution in [2.45, 2.75) is 50.0 Å². The number of hydrogen-bond acceptors (Lipinski definition) is 5. The van der Waals surface area contributed by atoms with Crippen LogP contribution in [-0.4, -0.2) is 37.6 Å². The van der Waals surface area contributed by atoms with E-state index in [0.717, 1.165) is 16.1 Å². The molecule has 1 aromatic carbocycles. The molecule has 1 aliphatic rings. The highest BCUT2D eigenvalue weighted by molar-refractivity contribution is 7.98. The second-order valence-electron chi connectivity index (χ2n) is 7.26. The molecule has 132 valence electrons. The second kappa shape index (κ2) is 6.67. The largest absolute Gasteiger partial charge is 0.469 e. The minimum absolute atomic E-state index is 0.216. The SMILES string of the molecule is COC(=O)CC1(C)CN(C(=O)OC(C)(C)C)c2ccc(SC)cc21. The van der Waals surface area contributed by atoms with Crippen LogP contribution >= 0.6 is 11.8 Å². The van der Waals surface area contributed by atoms with Gasteiger partial charge in [-0.1, -0.05) is 6.92 Å². The summed E-state index contributed by atoms with van der Waals surface area (Å²) in [4.78, 5) is 27.2. The highest BCUT2D eigenvalue weighted by atomic mass is 32.2. The number of fused-ring (bicyclic) bond motifs is 1. The van der Waals surface area contributed by atoms with Gasteiger partial charge in [-0.15, -0.1) is 11.8 Å². The summed E-state index contributed by atoms with van der Waals surface area (Å²) >= 11 is 1.63. The van der Waals surface area contributed by atoms with Crippen LogP contribution in [0, 0.1) is 0 Å². The Morgan fingerprint density at radius 2 is 2.00 bits per heavy atom. The first kappa shape index (κ1) is 18.6. The molecule has 5 nitrogen and oxygen atoms in total. The van der Waals surface area contributed by atoms with Crippen LogP contribution in [0.1, 0.15) is 39.7 Å². The molecule has 0 fully saturated rings. The van der Waals surface area contributed by atoms with Crippen LogP contribution in [0.2, 0.25) is 0 Å². The number of hydrogen-bond donors (Lipinski definition) is 0. The summed E-state index contributed by atoms with van der Waals surface area (Å²) < 4.78 is 10.4. The molecule has 6 heteroatoms. The quantitative estimate of drug-likeness (QED) is 0.609. The van der Waals surface area contributed by atoms with E-state index < -0.39 is 17.1 Å². The first-order valence-corrected chi connectivity index (χ1v) is 9.08. The van der Waals surface area contributed by atoms with Crippen molar-refractivity contribution in [2.75, 3.05) is 24.8 Å². The minimum atomic E-state index is -0.572. The molecule has 1 aromatic rings. The predicted molar refractivity (Wildman–Crippen MR) is 95.8 cm³/mol. The molecule has 0 aliphatic carbocycles. The fourth-order valence-corrected chi connectivity index (χ4v) is 3.34. The van der Waals surface area contributed by atoms with E-state index >= 15 is 0 Å². The van der Waals surface area contributed by atoms with Crippen LogP contribution in [0.5, 0.6) is 0 Å². The Bertz CT molecular complexity index is 653. The normalized spacial score (nSPS) is 19.8. The van der Waals surface area contributed by atoms with Crippen molar-refractivity contribution < 1.29 is 19.1 Å². The third kappa shape index (κ3) is 3.86. The lowest BCUT2D eigenvalue weighted by Crippen LogP contribution is -2.40. The van der Waals surface area contributed by atoms with E-state index in [2.05, 4.69) is 0 Å². The van der Waals surface area contributed by atoms with Gasteiger partial charge in [-0.3, -0.25) is 9.69 Å². The van der Waals surface area contributed by atoms with Gasteiger partial charge in [0, 0.05) is 16.9 Å². The van der Waals surface area contributed by atoms with E-state index in [1.807, 2.05) is 52.1 Å². The number of ether oxygens (including phenoxy) is 2. The third-order valence-electron chi connectivity index (χ3n) is 4.03. The number of benzene rings is 1. The monoisotopic (exact) mass is 351 g/mol. The zero-order valence-corrected chi connectivity index (χ0v) is 16.0. The maximum atomic E-state index is 12.6. The molecule has 0 saturated heterocycles. The molecule has 1 heterocycles. The summed E-state index contributed by atoms with van der Waals surface area (Å²) in [5.41, 5.74) is 0.710. The molecule has 0 N–H and O–H groups in total. The summed E-state index contributed by atoms with van der Waals surface area (Å²) in [5, 5.41) is 0. The lowest BCUT2D eigenvalue weighted by molar-refractivity contribution is -0.141. The molecule has 0 bridgehead atoms. The number of methoxy groups -OCH3 is 1. The number of anilines is 1. The van der Waals surface area contributed by atoms with Gasteiger partial charge in [-0.2, -0.15) is 0 Å². The zero-order chi connectivity index (χ0) is 18.1. The number of thioether (sulfide) groups is 1. The molecular weight excluding hydrogens is 326 g/mol. The minimum Gasteiger partial charge on any atom is -0.469 e. The first-order valence-electron chi connectivity index (χ1n) is 7.85. The lowest BCUT2D eigenvalue weighted by Gasteiger charge is -2.27. The predicted octanol–water partition coefficient (Wildman–Crippen LogP) is 3.98. The molecule has 0 spiro atoms. The van der Waals surface area contributed by atoms with Crippen molar-refractivity contribution in [2.24, 2.45) is 0 Å². The van der Waals surface area contributed by atoms with Crippen LogP contribution in [0.15, 0.2) is 23.1 Å². The zero-order valence-electron chi connectivity index (χ0n) is 15.1. The van der Waals surface area contributed by atoms with Gasteiger partial charge in [0.25, 0.3) is 0 Å². The lowest BCUT2D eigenvalue weighted by atomic mass is 9.81. The topological polar surface area (TPSA) is 55.8 Å². The smallest absolute Gasteiger partial charge is 0.414 e. The van der Waals surface area contributed by atoms with Gasteiger partial charge in [0.2, 0.25) is 0 Å². The summed E-state index contributed by atoms with van der Waals surface area (Å²) in [5.74, 6) is -0.288. The van der Waals surface area contributed by atoms with Gasteiger partial charge in [0.1, 0.15) is 5.60 Å². The molecule has 1 atom stereocenters. The van der Waals surface area contributed by atoms with Crippen LogP contribution in [0.4, 0.5) is 10.5 Å². The number of rotatable bonds is 3. The van der Waals surface area contributed by atoms with Crippen LogP contribution < -0.4 is 4.90 Å². The van der Waals surface area contributed by atoms with Crippen LogP contribution in [0.3, 0.4) is 0 Å². The van der Waals surface area contributed by atoms with Gasteiger partial charge < -0.3 is 9.47 Å². The van der Waals surface area contributed by atoms with E-state index in [1.54, 1.807) is 16.7 Å². The van der Waals surface area contributed by atoms with Gasteiger partial charge in [0.05, 0.1) is 19.2 Å². The van der Waals surface area contributed by atoms with Crippen LogP contribution in [0.25, 0.3) is 0 Å². The van der Waals surface area contributed by atoms with E-state index in [4.69, 9.17) is 9.47 Å². The Morgan fingerprint density at radius 1 is 1.33 bits per heavy atom. The highest BCUT2D eigenvalue weighted by Crippen LogP contribution is 2.45. The maximum Gasteiger partial charge on any atom is 0.414 e. The molecule has 0 aromatic heterocycles. The molecule has 2 rings (SSSR count). The number of esters is 1. The Balaban J connectivity index is 2.42. The number of carbonyl (C=O) groups is 2. The Morgan fingerprint density at radius 3 is 2.54 bits per heavy atom. The van der Waals surface area contributed by atoms with E-state index in [0.29, 0.717) is 6.54 Å². The Labute approximate surface area is 147 Å². The van der Waals surface area contributed by atoms with Crippen molar-refractivity contribution in [1.82, 2.24) is 0 Å². The molecule has 1 unspecified atom stereocenters. The molecular formula is C18H25NO4S. The van der Waals surface area contributed by atoms with Crippen molar-refractivity contribution >= 4 is 29.5 Å². The molecule has 1 amide bonds. The Hall–Kier alpha value is -1.69. The first-order chi connectivity index (χ1) is 11.1. The van der Waals surface area contributed by atoms with Gasteiger partial charge >= 0.3 is 12.1 Å². The Kier molecular flexibility index (Phi) is 5.18. The van der Waals surface area contributed by atoms with Crippen molar-refractivity contribution in [3.05, 3.63) is 23.8 Å². The average Bonchev–Trinajstić information content (AvgIpc) is 2.78. The van der Waals surface area contributed by atoms with E-state index in [1.165, 1.54) is 7.11 Å². The third-order valence-corrected chi connectivity index (χ3v) is 4.75. The number of amides is 1. The van der Waals surface area contributed by atoms with Gasteiger partial charge in [-0.25, -0.2) is 4.79 Å². The van der Waals surface area contributed by atoms with Crippen molar-refractivity contribution in [1.29, 1.82) is 0 Å². The number of nitrogens with zero attached hydrogens (tertiary/aromatic N) is 1. The van der Waals surface area contributed by atoms with Crippen molar-refractivity contribution in [3.63, 3.8) is 0 Å². The fourth-order valence-electron chi connectivity index (χ4n) is 2.90. The van der Waals surface area contributed by atoms with Crippen LogP contribution in [-0.2, 0) is 19.7 Å². The highest BCUT2D eigenvalue weighted by Gasteiger charge is 2.44. The summed E-state index contributed by atoms with van der Waals surface area (Å²) in [7, 11) is 1.38. The molecule has 24 heavy (non-hydrogen) atoms. The summed E-state index contributed by atoms with van der Waals surface area (Å²) in [6.07, 6.45) is 1.82. The second-order valence-corrected chi connectivity index (χ2v) is 8.14. The average molecular weight is 351 g/mol. The molecule has 0 radical (unpaired) electrons. The summed E-state index contributed by atoms with van der Waals surface area (Å²) in [6.45, 7) is 7.90. The molecule has 1 aliphatic heterocycles. The van der Waals surface area contributed by atoms with Gasteiger partial charge in [0.15, 0.2) is 0 Å². The van der Waals surface area contributed by atoms with Crippen molar-refractivity contribution in [3.8, 4) is 0 Å².